The summed E-state index contributed by atoms with van der Waals surface area (Å²) in [4.78, 5) is 0. The first-order valence-corrected chi connectivity index (χ1v) is 18.4. The molecule has 0 bridgehead atoms. The van der Waals surface area contributed by atoms with Gasteiger partial charge in [-0.2, -0.15) is 0 Å². The molecule has 44 heavy (non-hydrogen) atoms. The Kier molecular flexibility index (Phi) is 12.7. The van der Waals surface area contributed by atoms with Gasteiger partial charge in [0.15, 0.2) is 12.6 Å². The molecular formula is C39H58O5. The second-order valence-corrected chi connectivity index (χ2v) is 14.2. The average Bonchev–Trinajstić information content (AvgIpc) is 3.79. The first-order chi connectivity index (χ1) is 21.8. The molecule has 6 atom stereocenters. The standard InChI is InChI=1S/C39H58O5/c1-3-16-31(17-4-1)29-40-23-10-2-5-18-32-26-33-28-36(44-38-22-9-12-25-42-38)39(34(33)27-32)35(43-37-21-8-11-24-41-37)20-13-19-30-14-6-7-15-30/h1,3-4,16-17,20,26,30,33-34,36-39H,2,5-15,18-19,21-25,27-29H2/t33-,34-,36+,37?,38?,39-/m1/s1. The highest BCUT2D eigenvalue weighted by Gasteiger charge is 2.49. The third-order valence-corrected chi connectivity index (χ3v) is 10.9. The highest BCUT2D eigenvalue weighted by atomic mass is 16.7. The summed E-state index contributed by atoms with van der Waals surface area (Å²) in [5.41, 5.74) is 2.91. The summed E-state index contributed by atoms with van der Waals surface area (Å²) in [5, 5.41) is 0. The third kappa shape index (κ3) is 9.44. The van der Waals surface area contributed by atoms with Crippen LogP contribution >= 0.6 is 0 Å². The van der Waals surface area contributed by atoms with Crippen LogP contribution in [0.4, 0.5) is 0 Å². The predicted molar refractivity (Wildman–Crippen MR) is 175 cm³/mol. The third-order valence-electron chi connectivity index (χ3n) is 10.9. The molecule has 2 aliphatic heterocycles. The first-order valence-electron chi connectivity index (χ1n) is 18.4. The van der Waals surface area contributed by atoms with Gasteiger partial charge in [0, 0.05) is 25.6 Å². The van der Waals surface area contributed by atoms with E-state index < -0.39 is 0 Å². The number of benzene rings is 1. The van der Waals surface area contributed by atoms with Gasteiger partial charge in [0.1, 0.15) is 5.76 Å². The van der Waals surface area contributed by atoms with Crippen molar-refractivity contribution in [3.8, 4) is 0 Å². The molecular weight excluding hydrogens is 548 g/mol. The Morgan fingerprint density at radius 1 is 0.841 bits per heavy atom. The molecule has 2 heterocycles. The van der Waals surface area contributed by atoms with Crippen molar-refractivity contribution >= 4 is 0 Å². The lowest BCUT2D eigenvalue weighted by atomic mass is 9.86. The van der Waals surface area contributed by atoms with Crippen LogP contribution in [0, 0.1) is 23.7 Å². The van der Waals surface area contributed by atoms with E-state index in [0.717, 1.165) is 77.3 Å². The summed E-state index contributed by atoms with van der Waals surface area (Å²) in [5.74, 6) is 3.50. The Bertz CT molecular complexity index is 1020. The van der Waals surface area contributed by atoms with Crippen molar-refractivity contribution in [2.75, 3.05) is 19.8 Å². The summed E-state index contributed by atoms with van der Waals surface area (Å²) in [6, 6.07) is 10.5. The van der Waals surface area contributed by atoms with Crippen LogP contribution in [-0.2, 0) is 30.3 Å². The van der Waals surface area contributed by atoms with Gasteiger partial charge in [-0.05, 0) is 106 Å². The molecule has 5 nitrogen and oxygen atoms in total. The molecule has 2 saturated carbocycles. The largest absolute Gasteiger partial charge is 0.469 e. The minimum absolute atomic E-state index is 0.0618. The van der Waals surface area contributed by atoms with E-state index in [4.69, 9.17) is 23.7 Å². The molecule has 0 aromatic heterocycles. The number of allylic oxidation sites excluding steroid dienone is 3. The van der Waals surface area contributed by atoms with E-state index in [1.54, 1.807) is 5.57 Å². The van der Waals surface area contributed by atoms with Gasteiger partial charge in [-0.25, -0.2) is 0 Å². The topological polar surface area (TPSA) is 46.2 Å². The Hall–Kier alpha value is -1.66. The highest BCUT2D eigenvalue weighted by molar-refractivity contribution is 5.23. The van der Waals surface area contributed by atoms with Crippen LogP contribution in [0.25, 0.3) is 0 Å². The number of hydrogen-bond acceptors (Lipinski definition) is 5. The molecule has 3 aliphatic carbocycles. The van der Waals surface area contributed by atoms with Crippen molar-refractivity contribution in [1.29, 1.82) is 0 Å². The smallest absolute Gasteiger partial charge is 0.199 e. The zero-order valence-electron chi connectivity index (χ0n) is 27.2. The molecule has 2 saturated heterocycles. The van der Waals surface area contributed by atoms with Crippen molar-refractivity contribution < 1.29 is 23.7 Å². The SMILES string of the molecule is C1=C(CCCCCOCc2ccccc2)C[C@H]2[C@H](C(=CCCC3CCCC3)OC3CCCCO3)[C@@H](OC3CCCCO3)C[C@@H]12. The molecule has 0 amide bonds. The lowest BCUT2D eigenvalue weighted by molar-refractivity contribution is -0.200. The van der Waals surface area contributed by atoms with Crippen LogP contribution in [0.5, 0.6) is 0 Å². The Morgan fingerprint density at radius 2 is 1.61 bits per heavy atom. The van der Waals surface area contributed by atoms with Gasteiger partial charge in [0.25, 0.3) is 0 Å². The summed E-state index contributed by atoms with van der Waals surface area (Å²) >= 11 is 0. The second kappa shape index (κ2) is 17.3. The van der Waals surface area contributed by atoms with Crippen molar-refractivity contribution in [2.45, 2.75) is 141 Å². The van der Waals surface area contributed by atoms with Crippen LogP contribution in [0.15, 0.2) is 53.8 Å². The lowest BCUT2D eigenvalue weighted by Crippen LogP contribution is -2.34. The van der Waals surface area contributed by atoms with Gasteiger partial charge in [-0.1, -0.05) is 74.1 Å². The van der Waals surface area contributed by atoms with Gasteiger partial charge in [0.2, 0.25) is 0 Å². The van der Waals surface area contributed by atoms with Gasteiger partial charge >= 0.3 is 0 Å². The maximum Gasteiger partial charge on any atom is 0.199 e. The number of ether oxygens (including phenoxy) is 5. The number of unbranched alkanes of at least 4 members (excludes halogenated alkanes) is 2. The first kappa shape index (κ1) is 32.3. The lowest BCUT2D eigenvalue weighted by Gasteiger charge is -2.34. The van der Waals surface area contributed by atoms with Crippen LogP contribution in [-0.4, -0.2) is 38.5 Å². The van der Waals surface area contributed by atoms with Gasteiger partial charge in [-0.3, -0.25) is 0 Å². The monoisotopic (exact) mass is 606 g/mol. The molecule has 5 heteroatoms. The highest BCUT2D eigenvalue weighted by Crippen LogP contribution is 2.52. The van der Waals surface area contributed by atoms with Gasteiger partial charge in [-0.15, -0.1) is 0 Å². The molecule has 0 N–H and O–H groups in total. The quantitative estimate of drug-likeness (QED) is 0.107. The molecule has 2 unspecified atom stereocenters. The van der Waals surface area contributed by atoms with Crippen molar-refractivity contribution in [1.82, 2.24) is 0 Å². The Balaban J connectivity index is 1.06. The minimum Gasteiger partial charge on any atom is -0.469 e. The number of rotatable bonds is 16. The Labute approximate surface area is 267 Å². The van der Waals surface area contributed by atoms with E-state index in [-0.39, 0.29) is 18.7 Å². The molecule has 6 rings (SSSR count). The molecule has 244 valence electrons. The van der Waals surface area contributed by atoms with E-state index >= 15 is 0 Å². The summed E-state index contributed by atoms with van der Waals surface area (Å²) in [6.07, 6.45) is 26.9. The fraction of sp³-hybridized carbons (Fsp3) is 0.744. The molecule has 5 aliphatic rings. The van der Waals surface area contributed by atoms with Crippen molar-refractivity contribution in [3.05, 3.63) is 59.4 Å². The maximum atomic E-state index is 6.85. The fourth-order valence-electron chi connectivity index (χ4n) is 8.48. The van der Waals surface area contributed by atoms with Crippen molar-refractivity contribution in [3.63, 3.8) is 0 Å². The predicted octanol–water partition coefficient (Wildman–Crippen LogP) is 9.66. The summed E-state index contributed by atoms with van der Waals surface area (Å²) < 4.78 is 31.8. The van der Waals surface area contributed by atoms with Crippen LogP contribution in [0.1, 0.15) is 121 Å². The Morgan fingerprint density at radius 3 is 2.39 bits per heavy atom. The summed E-state index contributed by atoms with van der Waals surface area (Å²) in [6.45, 7) is 3.21. The average molecular weight is 607 g/mol. The van der Waals surface area contributed by atoms with E-state index in [2.05, 4.69) is 42.5 Å². The minimum atomic E-state index is -0.106. The number of fused-ring (bicyclic) bond motifs is 1. The second-order valence-electron chi connectivity index (χ2n) is 14.2. The summed E-state index contributed by atoms with van der Waals surface area (Å²) in [7, 11) is 0. The van der Waals surface area contributed by atoms with E-state index in [9.17, 15) is 0 Å². The van der Waals surface area contributed by atoms with Crippen molar-refractivity contribution in [2.24, 2.45) is 23.7 Å². The maximum absolute atomic E-state index is 6.85. The van der Waals surface area contributed by atoms with Crippen LogP contribution < -0.4 is 0 Å². The molecule has 0 spiro atoms. The van der Waals surface area contributed by atoms with Gasteiger partial charge in [0.05, 0.1) is 19.3 Å². The zero-order chi connectivity index (χ0) is 29.8. The molecule has 1 aromatic rings. The molecule has 4 fully saturated rings. The van der Waals surface area contributed by atoms with Crippen LogP contribution in [0.2, 0.25) is 0 Å². The van der Waals surface area contributed by atoms with E-state index in [1.807, 2.05) is 0 Å². The zero-order valence-corrected chi connectivity index (χ0v) is 27.2. The molecule has 0 radical (unpaired) electrons. The van der Waals surface area contributed by atoms with E-state index in [1.165, 1.54) is 82.0 Å². The van der Waals surface area contributed by atoms with Crippen LogP contribution in [0.3, 0.4) is 0 Å². The van der Waals surface area contributed by atoms with Gasteiger partial charge < -0.3 is 23.7 Å². The normalized spacial score (nSPS) is 31.3. The number of hydrogen-bond donors (Lipinski definition) is 0. The van der Waals surface area contributed by atoms with E-state index in [0.29, 0.717) is 17.8 Å². The fourth-order valence-corrected chi connectivity index (χ4v) is 8.48. The molecule has 1 aromatic carbocycles.